The van der Waals surface area contributed by atoms with Gasteiger partial charge in [-0.3, -0.25) is 0 Å². The van der Waals surface area contributed by atoms with Gasteiger partial charge in [-0.25, -0.2) is 0 Å². The maximum atomic E-state index is 12.4. The standard InChI is InChI=1S/C21H34N2OSe/c1-3-4-5-6-7-18-25-20-10-8-19(9-11-20)21(24)12-13-23-16-14-22(2)15-17-23/h8-11H,3-7,12-18H2,1-2H3. The number of hydrogen-bond donors (Lipinski definition) is 0. The summed E-state index contributed by atoms with van der Waals surface area (Å²) in [4.78, 5) is 17.2. The van der Waals surface area contributed by atoms with Crippen molar-refractivity contribution < 1.29 is 4.79 Å². The van der Waals surface area contributed by atoms with Gasteiger partial charge in [-0.2, -0.15) is 0 Å². The summed E-state index contributed by atoms with van der Waals surface area (Å²) in [5, 5.41) is 1.33. The Hall–Kier alpha value is -0.671. The Kier molecular flexibility index (Phi) is 9.78. The molecule has 1 heterocycles. The molecule has 3 nitrogen and oxygen atoms in total. The van der Waals surface area contributed by atoms with Crippen LogP contribution in [0, 0.1) is 0 Å². The molecule has 0 N–H and O–H groups in total. The normalized spacial score (nSPS) is 16.2. The van der Waals surface area contributed by atoms with E-state index in [4.69, 9.17) is 0 Å². The molecule has 1 aromatic rings. The van der Waals surface area contributed by atoms with E-state index in [1.165, 1.54) is 41.9 Å². The van der Waals surface area contributed by atoms with Crippen molar-refractivity contribution in [3.05, 3.63) is 29.8 Å². The van der Waals surface area contributed by atoms with Gasteiger partial charge in [0.2, 0.25) is 0 Å². The average molecular weight is 409 g/mol. The molecule has 1 aliphatic rings. The van der Waals surface area contributed by atoms with Crippen LogP contribution in [0.15, 0.2) is 24.3 Å². The van der Waals surface area contributed by atoms with Crippen LogP contribution in [0.3, 0.4) is 0 Å². The molecule has 0 aromatic heterocycles. The van der Waals surface area contributed by atoms with Crippen LogP contribution in [0.2, 0.25) is 5.32 Å². The summed E-state index contributed by atoms with van der Waals surface area (Å²) in [5.41, 5.74) is 0.886. The van der Waals surface area contributed by atoms with E-state index < -0.39 is 0 Å². The van der Waals surface area contributed by atoms with Gasteiger partial charge in [-0.1, -0.05) is 0 Å². The van der Waals surface area contributed by atoms with E-state index in [1.54, 1.807) is 0 Å². The number of hydrogen-bond acceptors (Lipinski definition) is 3. The van der Waals surface area contributed by atoms with Crippen LogP contribution in [-0.2, 0) is 0 Å². The summed E-state index contributed by atoms with van der Waals surface area (Å²) in [7, 11) is 2.16. The molecule has 0 amide bonds. The number of carbonyl (C=O) groups excluding carboxylic acids is 1. The van der Waals surface area contributed by atoms with Gasteiger partial charge < -0.3 is 0 Å². The van der Waals surface area contributed by atoms with Crippen LogP contribution < -0.4 is 4.46 Å². The first kappa shape index (κ1) is 20.6. The van der Waals surface area contributed by atoms with Gasteiger partial charge >= 0.3 is 160 Å². The van der Waals surface area contributed by atoms with Gasteiger partial charge in [0.1, 0.15) is 0 Å². The third kappa shape index (κ3) is 8.04. The van der Waals surface area contributed by atoms with Crippen molar-refractivity contribution >= 4 is 25.2 Å². The van der Waals surface area contributed by atoms with Crippen molar-refractivity contribution in [2.75, 3.05) is 39.8 Å². The van der Waals surface area contributed by atoms with Crippen molar-refractivity contribution in [1.29, 1.82) is 0 Å². The Bertz CT molecular complexity index is 495. The van der Waals surface area contributed by atoms with E-state index in [1.807, 2.05) is 12.1 Å². The summed E-state index contributed by atoms with van der Waals surface area (Å²) >= 11 is 0.563. The van der Waals surface area contributed by atoms with Gasteiger partial charge in [0, 0.05) is 0 Å². The molecule has 140 valence electrons. The molecular weight excluding hydrogens is 375 g/mol. The van der Waals surface area contributed by atoms with Crippen LogP contribution >= 0.6 is 0 Å². The van der Waals surface area contributed by atoms with Crippen molar-refractivity contribution in [2.45, 2.75) is 50.8 Å². The molecule has 0 atom stereocenters. The SMILES string of the molecule is CCCCCCC[Se]c1ccc(C(=O)CCN2CCN(C)CC2)cc1. The van der Waals surface area contributed by atoms with Crippen molar-refractivity contribution in [2.24, 2.45) is 0 Å². The van der Waals surface area contributed by atoms with Crippen LogP contribution in [-0.4, -0.2) is 70.3 Å². The Morgan fingerprint density at radius 2 is 1.68 bits per heavy atom. The van der Waals surface area contributed by atoms with E-state index in [9.17, 15) is 4.79 Å². The third-order valence-corrected chi connectivity index (χ3v) is 7.25. The summed E-state index contributed by atoms with van der Waals surface area (Å²) < 4.78 is 1.43. The van der Waals surface area contributed by atoms with Gasteiger partial charge in [-0.15, -0.1) is 0 Å². The summed E-state index contributed by atoms with van der Waals surface area (Å²) in [6.45, 7) is 7.56. The third-order valence-electron chi connectivity index (χ3n) is 4.94. The van der Waals surface area contributed by atoms with Gasteiger partial charge in [0.15, 0.2) is 0 Å². The number of rotatable bonds is 11. The van der Waals surface area contributed by atoms with Crippen molar-refractivity contribution in [3.8, 4) is 0 Å². The zero-order valence-corrected chi connectivity index (χ0v) is 17.7. The number of nitrogens with zero attached hydrogens (tertiary/aromatic N) is 2. The minimum absolute atomic E-state index is 0.289. The van der Waals surface area contributed by atoms with Gasteiger partial charge in [-0.05, 0) is 0 Å². The molecule has 0 radical (unpaired) electrons. The fraction of sp³-hybridized carbons (Fsp3) is 0.667. The molecule has 0 spiro atoms. The van der Waals surface area contributed by atoms with E-state index >= 15 is 0 Å². The Labute approximate surface area is 160 Å². The Morgan fingerprint density at radius 1 is 1.00 bits per heavy atom. The van der Waals surface area contributed by atoms with Crippen LogP contribution in [0.1, 0.15) is 55.8 Å². The molecule has 1 aliphatic heterocycles. The van der Waals surface area contributed by atoms with Crippen molar-refractivity contribution in [3.63, 3.8) is 0 Å². The second kappa shape index (κ2) is 11.9. The fourth-order valence-corrected chi connectivity index (χ4v) is 5.02. The molecule has 1 aromatic carbocycles. The molecule has 0 unspecified atom stereocenters. The molecule has 25 heavy (non-hydrogen) atoms. The number of piperazine rings is 1. The van der Waals surface area contributed by atoms with Crippen LogP contribution in [0.5, 0.6) is 0 Å². The molecule has 4 heteroatoms. The molecular formula is C21H34N2OSe. The van der Waals surface area contributed by atoms with Crippen LogP contribution in [0.25, 0.3) is 0 Å². The summed E-state index contributed by atoms with van der Waals surface area (Å²) in [5.74, 6) is 0.289. The second-order valence-corrected chi connectivity index (χ2v) is 9.56. The summed E-state index contributed by atoms with van der Waals surface area (Å²) in [6, 6.07) is 8.44. The first-order valence-corrected chi connectivity index (χ1v) is 11.9. The maximum absolute atomic E-state index is 12.4. The predicted molar refractivity (Wildman–Crippen MR) is 108 cm³/mol. The molecule has 0 saturated carbocycles. The fourth-order valence-electron chi connectivity index (χ4n) is 3.11. The number of unbranched alkanes of at least 4 members (excludes halogenated alkanes) is 4. The molecule has 1 saturated heterocycles. The van der Waals surface area contributed by atoms with Crippen molar-refractivity contribution in [1.82, 2.24) is 9.80 Å². The number of carbonyl (C=O) groups is 1. The quantitative estimate of drug-likeness (QED) is 0.319. The van der Waals surface area contributed by atoms with Gasteiger partial charge in [0.05, 0.1) is 0 Å². The second-order valence-electron chi connectivity index (χ2n) is 7.11. The monoisotopic (exact) mass is 410 g/mol. The molecule has 0 bridgehead atoms. The number of benzene rings is 1. The van der Waals surface area contributed by atoms with Gasteiger partial charge in [0.25, 0.3) is 0 Å². The average Bonchev–Trinajstić information content (AvgIpc) is 2.64. The zero-order valence-electron chi connectivity index (χ0n) is 16.0. The minimum atomic E-state index is 0.289. The molecule has 0 aliphatic carbocycles. The Morgan fingerprint density at radius 3 is 2.36 bits per heavy atom. The topological polar surface area (TPSA) is 23.6 Å². The van der Waals surface area contributed by atoms with E-state index in [0.29, 0.717) is 21.4 Å². The molecule has 2 rings (SSSR count). The zero-order chi connectivity index (χ0) is 17.9. The van der Waals surface area contributed by atoms with E-state index in [2.05, 4.69) is 35.9 Å². The first-order chi connectivity index (χ1) is 12.2. The predicted octanol–water partition coefficient (Wildman–Crippen LogP) is 3.23. The first-order valence-electron chi connectivity index (χ1n) is 9.86. The Balaban J connectivity index is 1.65. The number of Topliss-reactive ketones (excluding diaryl/α,β-unsaturated/α-hetero) is 1. The number of likely N-dealkylation sites (N-methyl/N-ethyl adjacent to an activating group) is 1. The van der Waals surface area contributed by atoms with Crippen LogP contribution in [0.4, 0.5) is 0 Å². The van der Waals surface area contributed by atoms with E-state index in [-0.39, 0.29) is 5.78 Å². The number of ketones is 1. The molecule has 1 fully saturated rings. The van der Waals surface area contributed by atoms with E-state index in [0.717, 1.165) is 38.3 Å². The summed E-state index contributed by atoms with van der Waals surface area (Å²) in [6.07, 6.45) is 7.44.